The molecule has 3 rings (SSSR count). The van der Waals surface area contributed by atoms with E-state index in [0.717, 1.165) is 16.3 Å². The number of carbonyl (C=O) groups is 3. The molecule has 0 spiro atoms. The largest absolute Gasteiger partial charge is 0.346 e. The maximum absolute atomic E-state index is 12.5. The fraction of sp³-hybridized carbons (Fsp3) is 0.409. The number of aryl methyl sites for hydroxylation is 1. The molecule has 3 aromatic heterocycles. The zero-order valence-corrected chi connectivity index (χ0v) is 19.3. The van der Waals surface area contributed by atoms with Gasteiger partial charge in [-0.3, -0.25) is 18.8 Å². The van der Waals surface area contributed by atoms with Crippen LogP contribution < -0.4 is 5.32 Å². The predicted molar refractivity (Wildman–Crippen MR) is 124 cm³/mol. The van der Waals surface area contributed by atoms with E-state index < -0.39 is 0 Å². The number of pyridine rings is 1. The lowest BCUT2D eigenvalue weighted by molar-refractivity contribution is -0.125. The molecule has 0 aliphatic heterocycles. The van der Waals surface area contributed by atoms with E-state index in [-0.39, 0.29) is 49.2 Å². The molecule has 1 N–H and O–H groups in total. The smallest absolute Gasteiger partial charge is 0.221 e. The van der Waals surface area contributed by atoms with E-state index in [2.05, 4.69) is 15.5 Å². The number of fused-ring (bicyclic) bond motifs is 1. The maximum atomic E-state index is 12.5. The number of nitrogens with one attached hydrogen (secondary N) is 1. The Kier molecular flexibility index (Phi) is 8.36. The van der Waals surface area contributed by atoms with E-state index in [1.807, 2.05) is 48.0 Å². The Morgan fingerprint density at radius 2 is 1.90 bits per heavy atom. The van der Waals surface area contributed by atoms with Gasteiger partial charge in [-0.15, -0.1) is 21.5 Å². The first-order valence-electron chi connectivity index (χ1n) is 10.2. The van der Waals surface area contributed by atoms with Crippen molar-refractivity contribution in [2.75, 3.05) is 12.0 Å². The van der Waals surface area contributed by atoms with E-state index in [1.165, 1.54) is 11.3 Å². The molecule has 9 heteroatoms. The van der Waals surface area contributed by atoms with Crippen LogP contribution in [-0.4, -0.2) is 44.1 Å². The van der Waals surface area contributed by atoms with Gasteiger partial charge >= 0.3 is 0 Å². The lowest BCUT2D eigenvalue weighted by Gasteiger charge is -2.17. The number of aromatic nitrogens is 3. The second kappa shape index (κ2) is 11.2. The van der Waals surface area contributed by atoms with Crippen molar-refractivity contribution in [1.29, 1.82) is 0 Å². The quantitative estimate of drug-likeness (QED) is 0.412. The molecule has 164 valence electrons. The topological polar surface area (TPSA) is 93.4 Å². The first-order valence-corrected chi connectivity index (χ1v) is 12.4. The highest BCUT2D eigenvalue weighted by molar-refractivity contribution is 7.98. The van der Waals surface area contributed by atoms with Crippen molar-refractivity contribution < 1.29 is 14.4 Å². The van der Waals surface area contributed by atoms with Crippen molar-refractivity contribution in [3.63, 3.8) is 0 Å². The summed E-state index contributed by atoms with van der Waals surface area (Å²) in [7, 11) is 0. The van der Waals surface area contributed by atoms with Gasteiger partial charge in [-0.2, -0.15) is 11.8 Å². The Morgan fingerprint density at radius 1 is 1.10 bits per heavy atom. The van der Waals surface area contributed by atoms with E-state index in [1.54, 1.807) is 17.8 Å². The van der Waals surface area contributed by atoms with Crippen LogP contribution in [-0.2, 0) is 9.59 Å². The molecule has 0 aromatic carbocycles. The molecular formula is C22H26N4O3S2. The highest BCUT2D eigenvalue weighted by atomic mass is 32.2. The predicted octanol–water partition coefficient (Wildman–Crippen LogP) is 4.02. The van der Waals surface area contributed by atoms with Gasteiger partial charge in [0.2, 0.25) is 5.91 Å². The highest BCUT2D eigenvalue weighted by Gasteiger charge is 2.20. The van der Waals surface area contributed by atoms with Crippen LogP contribution in [0.5, 0.6) is 0 Å². The summed E-state index contributed by atoms with van der Waals surface area (Å²) in [4.78, 5) is 38.6. The lowest BCUT2D eigenvalue weighted by Crippen LogP contribution is -2.30. The average Bonchev–Trinajstić information content (AvgIpc) is 3.40. The third-order valence-corrected chi connectivity index (χ3v) is 6.56. The summed E-state index contributed by atoms with van der Waals surface area (Å²) in [5.74, 6) is 1.24. The minimum atomic E-state index is -0.281. The number of hydrogen-bond donors (Lipinski definition) is 1. The molecule has 1 unspecified atom stereocenters. The third-order valence-electron chi connectivity index (χ3n) is 4.87. The summed E-state index contributed by atoms with van der Waals surface area (Å²) in [6.45, 7) is 1.94. The van der Waals surface area contributed by atoms with E-state index in [9.17, 15) is 14.4 Å². The molecule has 0 aliphatic rings. The van der Waals surface area contributed by atoms with Crippen LogP contribution in [0.15, 0.2) is 36.5 Å². The van der Waals surface area contributed by atoms with Gasteiger partial charge in [0.15, 0.2) is 17.3 Å². The number of nitrogens with zero attached hydrogens (tertiary/aromatic N) is 3. The zero-order chi connectivity index (χ0) is 22.2. The van der Waals surface area contributed by atoms with Gasteiger partial charge in [-0.25, -0.2) is 0 Å². The van der Waals surface area contributed by atoms with Crippen LogP contribution in [0, 0.1) is 6.92 Å². The second-order valence-electron chi connectivity index (χ2n) is 7.26. The number of Topliss-reactive ketones (excluding diaryl/α,β-unsaturated/α-hetero) is 2. The Bertz CT molecular complexity index is 1060. The standard InChI is InChI=1S/C22H26N4O3S2/c1-15-6-10-19(31-15)18(28)9-7-16(27)8-11-21(29)23-17(12-14-30-2)22-25-24-20-5-3-4-13-26(20)22/h3-6,10,13,17H,7-9,11-12,14H2,1-2H3,(H,23,29). The number of thiophene rings is 1. The van der Waals surface area contributed by atoms with Crippen LogP contribution >= 0.6 is 23.1 Å². The van der Waals surface area contributed by atoms with Gasteiger partial charge in [0.05, 0.1) is 10.9 Å². The van der Waals surface area contributed by atoms with Crippen LogP contribution in [0.3, 0.4) is 0 Å². The first kappa shape index (κ1) is 23.1. The first-order chi connectivity index (χ1) is 15.0. The fourth-order valence-corrected chi connectivity index (χ4v) is 4.51. The van der Waals surface area contributed by atoms with Gasteiger partial charge in [0, 0.05) is 36.8 Å². The van der Waals surface area contributed by atoms with Gasteiger partial charge in [0.1, 0.15) is 5.78 Å². The van der Waals surface area contributed by atoms with Crippen LogP contribution in [0.1, 0.15) is 58.5 Å². The summed E-state index contributed by atoms with van der Waals surface area (Å²) in [6.07, 6.45) is 5.16. The van der Waals surface area contributed by atoms with Gasteiger partial charge < -0.3 is 5.32 Å². The summed E-state index contributed by atoms with van der Waals surface area (Å²) in [6, 6.07) is 9.06. The van der Waals surface area contributed by atoms with E-state index in [4.69, 9.17) is 0 Å². The Hall–Kier alpha value is -2.52. The van der Waals surface area contributed by atoms with Gasteiger partial charge in [-0.05, 0) is 49.6 Å². The Morgan fingerprint density at radius 3 is 2.65 bits per heavy atom. The highest BCUT2D eigenvalue weighted by Crippen LogP contribution is 2.19. The average molecular weight is 459 g/mol. The molecule has 0 aliphatic carbocycles. The SMILES string of the molecule is CSCCC(NC(=O)CCC(=O)CCC(=O)c1ccc(C)s1)c1nnc2ccccn12. The Balaban J connectivity index is 1.51. The number of hydrogen-bond acceptors (Lipinski definition) is 7. The van der Waals surface area contributed by atoms with Crippen molar-refractivity contribution in [2.24, 2.45) is 0 Å². The molecule has 1 amide bonds. The normalized spacial score (nSPS) is 12.1. The molecule has 0 bridgehead atoms. The number of amides is 1. The molecule has 0 saturated heterocycles. The van der Waals surface area contributed by atoms with Crippen molar-refractivity contribution in [2.45, 2.75) is 45.1 Å². The maximum Gasteiger partial charge on any atom is 0.221 e. The molecule has 7 nitrogen and oxygen atoms in total. The zero-order valence-electron chi connectivity index (χ0n) is 17.7. The molecular weight excluding hydrogens is 432 g/mol. The number of thioether (sulfide) groups is 1. The van der Waals surface area contributed by atoms with Crippen molar-refractivity contribution >= 4 is 46.2 Å². The molecule has 3 aromatic rings. The van der Waals surface area contributed by atoms with Crippen LogP contribution in [0.4, 0.5) is 0 Å². The minimum Gasteiger partial charge on any atom is -0.346 e. The van der Waals surface area contributed by atoms with E-state index in [0.29, 0.717) is 17.1 Å². The fourth-order valence-electron chi connectivity index (χ4n) is 3.20. The van der Waals surface area contributed by atoms with Crippen molar-refractivity contribution in [3.05, 3.63) is 52.1 Å². The van der Waals surface area contributed by atoms with Crippen molar-refractivity contribution in [3.8, 4) is 0 Å². The second-order valence-corrected chi connectivity index (χ2v) is 9.53. The van der Waals surface area contributed by atoms with Crippen LogP contribution in [0.2, 0.25) is 0 Å². The number of rotatable bonds is 12. The number of carbonyl (C=O) groups excluding carboxylic acids is 3. The summed E-state index contributed by atoms with van der Waals surface area (Å²) in [5, 5.41) is 11.4. The summed E-state index contributed by atoms with van der Waals surface area (Å²) in [5.41, 5.74) is 0.724. The molecule has 0 radical (unpaired) electrons. The van der Waals surface area contributed by atoms with Gasteiger partial charge in [0.25, 0.3) is 0 Å². The minimum absolute atomic E-state index is 0.0216. The Labute approximate surface area is 189 Å². The number of ketones is 2. The summed E-state index contributed by atoms with van der Waals surface area (Å²) >= 11 is 3.13. The molecule has 3 heterocycles. The van der Waals surface area contributed by atoms with Gasteiger partial charge in [-0.1, -0.05) is 6.07 Å². The summed E-state index contributed by atoms with van der Waals surface area (Å²) < 4.78 is 1.87. The van der Waals surface area contributed by atoms with Crippen LogP contribution in [0.25, 0.3) is 5.65 Å². The van der Waals surface area contributed by atoms with E-state index >= 15 is 0 Å². The monoisotopic (exact) mass is 458 g/mol. The molecule has 31 heavy (non-hydrogen) atoms. The molecule has 1 atom stereocenters. The molecule has 0 fully saturated rings. The van der Waals surface area contributed by atoms with Crippen molar-refractivity contribution in [1.82, 2.24) is 19.9 Å². The third kappa shape index (κ3) is 6.48. The molecule has 0 saturated carbocycles. The lowest BCUT2D eigenvalue weighted by atomic mass is 10.1.